The van der Waals surface area contributed by atoms with E-state index < -0.39 is 19.7 Å². The topological polar surface area (TPSA) is 71.5 Å². The highest BCUT2D eigenvalue weighted by Crippen LogP contribution is 2.34. The SMILES string of the molecule is C[C@H]1C[C@H](C)N(c2ccc(S(C)(=O)=O)cc2S(C)(=O)=O)C1. The van der Waals surface area contributed by atoms with Gasteiger partial charge in [0.25, 0.3) is 0 Å². The number of nitrogens with zero attached hydrogens (tertiary/aromatic N) is 1. The Morgan fingerprint density at radius 2 is 1.67 bits per heavy atom. The van der Waals surface area contributed by atoms with Gasteiger partial charge >= 0.3 is 0 Å². The van der Waals surface area contributed by atoms with Gasteiger partial charge in [-0.1, -0.05) is 6.92 Å². The molecule has 21 heavy (non-hydrogen) atoms. The summed E-state index contributed by atoms with van der Waals surface area (Å²) < 4.78 is 47.4. The van der Waals surface area contributed by atoms with E-state index in [-0.39, 0.29) is 15.8 Å². The maximum absolute atomic E-state index is 12.1. The fourth-order valence-corrected chi connectivity index (χ4v) is 4.52. The van der Waals surface area contributed by atoms with Crippen LogP contribution in [0.15, 0.2) is 28.0 Å². The molecule has 1 aromatic rings. The molecule has 1 heterocycles. The van der Waals surface area contributed by atoms with E-state index >= 15 is 0 Å². The molecule has 0 radical (unpaired) electrons. The van der Waals surface area contributed by atoms with Gasteiger partial charge < -0.3 is 4.90 Å². The van der Waals surface area contributed by atoms with Crippen molar-refractivity contribution in [2.45, 2.75) is 36.1 Å². The Morgan fingerprint density at radius 1 is 1.05 bits per heavy atom. The van der Waals surface area contributed by atoms with Crippen molar-refractivity contribution in [3.8, 4) is 0 Å². The Hall–Kier alpha value is -1.08. The molecule has 0 bridgehead atoms. The average Bonchev–Trinajstić information content (AvgIpc) is 2.65. The standard InChI is InChI=1S/C14H21NO4S2/c1-10-7-11(2)15(9-10)13-6-5-12(20(3,16)17)8-14(13)21(4,18)19/h5-6,8,10-11H,7,9H2,1-4H3/t10-,11-/m0/s1. The van der Waals surface area contributed by atoms with E-state index in [1.54, 1.807) is 6.07 Å². The van der Waals surface area contributed by atoms with Crippen LogP contribution in [0.3, 0.4) is 0 Å². The molecule has 0 spiro atoms. The molecule has 7 heteroatoms. The molecule has 5 nitrogen and oxygen atoms in total. The van der Waals surface area contributed by atoms with Crippen molar-refractivity contribution in [1.82, 2.24) is 0 Å². The number of benzene rings is 1. The number of hydrogen-bond acceptors (Lipinski definition) is 5. The first-order valence-electron chi connectivity index (χ1n) is 6.81. The minimum Gasteiger partial charge on any atom is -0.367 e. The van der Waals surface area contributed by atoms with Gasteiger partial charge in [-0.15, -0.1) is 0 Å². The van der Waals surface area contributed by atoms with E-state index in [1.165, 1.54) is 12.1 Å². The van der Waals surface area contributed by atoms with Gasteiger partial charge in [0, 0.05) is 25.1 Å². The fraction of sp³-hybridized carbons (Fsp3) is 0.571. The molecule has 0 aromatic heterocycles. The van der Waals surface area contributed by atoms with Crippen LogP contribution in [0.25, 0.3) is 0 Å². The summed E-state index contributed by atoms with van der Waals surface area (Å²) in [7, 11) is -6.93. The fourth-order valence-electron chi connectivity index (χ4n) is 2.89. The monoisotopic (exact) mass is 331 g/mol. The van der Waals surface area contributed by atoms with Crippen LogP contribution in [0.2, 0.25) is 0 Å². The molecule has 1 aliphatic rings. The molecule has 0 aliphatic carbocycles. The third kappa shape index (κ3) is 3.40. The van der Waals surface area contributed by atoms with Crippen LogP contribution in [0.1, 0.15) is 20.3 Å². The van der Waals surface area contributed by atoms with Crippen molar-refractivity contribution >= 4 is 25.4 Å². The molecular formula is C14H21NO4S2. The maximum atomic E-state index is 12.1. The third-order valence-electron chi connectivity index (χ3n) is 3.85. The Morgan fingerprint density at radius 3 is 2.10 bits per heavy atom. The number of rotatable bonds is 3. The molecule has 118 valence electrons. The lowest BCUT2D eigenvalue weighted by atomic mass is 10.1. The van der Waals surface area contributed by atoms with Crippen LogP contribution in [-0.2, 0) is 19.7 Å². The molecule has 0 N–H and O–H groups in total. The first-order valence-corrected chi connectivity index (χ1v) is 10.6. The number of sulfone groups is 2. The third-order valence-corrected chi connectivity index (χ3v) is 6.09. The molecule has 1 saturated heterocycles. The molecule has 1 fully saturated rings. The summed E-state index contributed by atoms with van der Waals surface area (Å²) in [5, 5.41) is 0. The maximum Gasteiger partial charge on any atom is 0.177 e. The quantitative estimate of drug-likeness (QED) is 0.843. The number of hydrogen-bond donors (Lipinski definition) is 0. The minimum absolute atomic E-state index is 0.0339. The lowest BCUT2D eigenvalue weighted by Crippen LogP contribution is -2.28. The lowest BCUT2D eigenvalue weighted by Gasteiger charge is -2.26. The van der Waals surface area contributed by atoms with E-state index in [9.17, 15) is 16.8 Å². The molecule has 2 atom stereocenters. The molecule has 1 aromatic carbocycles. The minimum atomic E-state index is -3.50. The Kier molecular flexibility index (Phi) is 4.10. The van der Waals surface area contributed by atoms with Gasteiger partial charge in [0.15, 0.2) is 19.7 Å². The largest absolute Gasteiger partial charge is 0.367 e. The lowest BCUT2D eigenvalue weighted by molar-refractivity contribution is 0.599. The summed E-state index contributed by atoms with van der Waals surface area (Å²) in [6.07, 6.45) is 3.19. The Labute approximate surface area is 126 Å². The van der Waals surface area contributed by atoms with Crippen molar-refractivity contribution in [1.29, 1.82) is 0 Å². The normalized spacial score (nSPS) is 23.5. The predicted octanol–water partition coefficient (Wildman–Crippen LogP) is 1.73. The van der Waals surface area contributed by atoms with Gasteiger partial charge in [0.2, 0.25) is 0 Å². The van der Waals surface area contributed by atoms with E-state index in [2.05, 4.69) is 13.8 Å². The molecule has 1 aliphatic heterocycles. The van der Waals surface area contributed by atoms with Gasteiger partial charge in [-0.2, -0.15) is 0 Å². The van der Waals surface area contributed by atoms with Gasteiger partial charge in [0.1, 0.15) is 0 Å². The first kappa shape index (κ1) is 16.3. The van der Waals surface area contributed by atoms with Crippen LogP contribution in [0, 0.1) is 5.92 Å². The zero-order chi connectivity index (χ0) is 16.0. The van der Waals surface area contributed by atoms with Crippen LogP contribution in [-0.4, -0.2) is 41.9 Å². The van der Waals surface area contributed by atoms with Crippen LogP contribution in [0.4, 0.5) is 5.69 Å². The second-order valence-electron chi connectivity index (χ2n) is 6.02. The highest BCUT2D eigenvalue weighted by Gasteiger charge is 2.30. The van der Waals surface area contributed by atoms with Crippen molar-refractivity contribution in [2.75, 3.05) is 24.0 Å². The second kappa shape index (κ2) is 5.28. The number of anilines is 1. The highest BCUT2D eigenvalue weighted by atomic mass is 32.2. The van der Waals surface area contributed by atoms with Gasteiger partial charge in [-0.25, -0.2) is 16.8 Å². The zero-order valence-corrected chi connectivity index (χ0v) is 14.3. The summed E-state index contributed by atoms with van der Waals surface area (Å²) in [6.45, 7) is 4.96. The van der Waals surface area contributed by atoms with Crippen molar-refractivity contribution in [2.24, 2.45) is 5.92 Å². The van der Waals surface area contributed by atoms with E-state index in [4.69, 9.17) is 0 Å². The molecule has 0 unspecified atom stereocenters. The summed E-state index contributed by atoms with van der Waals surface area (Å²) >= 11 is 0. The van der Waals surface area contributed by atoms with Crippen LogP contribution in [0.5, 0.6) is 0 Å². The van der Waals surface area contributed by atoms with Crippen molar-refractivity contribution < 1.29 is 16.8 Å². The summed E-state index contributed by atoms with van der Waals surface area (Å²) in [5.41, 5.74) is 0.599. The Bertz CT molecular complexity index is 753. The molecule has 2 rings (SSSR count). The van der Waals surface area contributed by atoms with Crippen molar-refractivity contribution in [3.05, 3.63) is 18.2 Å². The smallest absolute Gasteiger partial charge is 0.177 e. The van der Waals surface area contributed by atoms with Crippen LogP contribution < -0.4 is 4.90 Å². The molecule has 0 amide bonds. The highest BCUT2D eigenvalue weighted by molar-refractivity contribution is 7.91. The summed E-state index contributed by atoms with van der Waals surface area (Å²) in [6, 6.07) is 4.61. The predicted molar refractivity (Wildman–Crippen MR) is 83.3 cm³/mol. The molecule has 0 saturated carbocycles. The van der Waals surface area contributed by atoms with E-state index in [0.29, 0.717) is 11.6 Å². The van der Waals surface area contributed by atoms with Gasteiger partial charge in [0.05, 0.1) is 15.5 Å². The summed E-state index contributed by atoms with van der Waals surface area (Å²) in [4.78, 5) is 2.17. The van der Waals surface area contributed by atoms with E-state index in [0.717, 1.165) is 25.5 Å². The van der Waals surface area contributed by atoms with Crippen LogP contribution >= 0.6 is 0 Å². The van der Waals surface area contributed by atoms with Gasteiger partial charge in [-0.05, 0) is 37.5 Å². The first-order chi connectivity index (χ1) is 9.50. The molecular weight excluding hydrogens is 310 g/mol. The van der Waals surface area contributed by atoms with E-state index in [1.807, 2.05) is 4.90 Å². The second-order valence-corrected chi connectivity index (χ2v) is 10.0. The van der Waals surface area contributed by atoms with Crippen molar-refractivity contribution in [3.63, 3.8) is 0 Å². The van der Waals surface area contributed by atoms with Gasteiger partial charge in [-0.3, -0.25) is 0 Å². The summed E-state index contributed by atoms with van der Waals surface area (Å²) in [5.74, 6) is 0.488. The average molecular weight is 331 g/mol. The Balaban J connectivity index is 2.62. The zero-order valence-electron chi connectivity index (χ0n) is 12.7.